The number of rotatable bonds is 7. The average Bonchev–Trinajstić information content (AvgIpc) is 3.15. The summed E-state index contributed by atoms with van der Waals surface area (Å²) in [5.74, 6) is -1.38. The molecule has 38 heavy (non-hydrogen) atoms. The fourth-order valence-electron chi connectivity index (χ4n) is 4.48. The van der Waals surface area contributed by atoms with E-state index < -0.39 is 59.3 Å². The van der Waals surface area contributed by atoms with Crippen molar-refractivity contribution in [1.29, 1.82) is 0 Å². The Bertz CT molecular complexity index is 1020. The quantitative estimate of drug-likeness (QED) is 0.364. The van der Waals surface area contributed by atoms with Crippen LogP contribution in [0.5, 0.6) is 0 Å². The van der Waals surface area contributed by atoms with Crippen LogP contribution in [-0.4, -0.2) is 60.0 Å². The van der Waals surface area contributed by atoms with Crippen molar-refractivity contribution in [3.8, 4) is 0 Å². The number of ether oxygens (including phenoxy) is 4. The lowest BCUT2D eigenvalue weighted by Crippen LogP contribution is -2.61. The fourth-order valence-corrected chi connectivity index (χ4v) is 4.48. The van der Waals surface area contributed by atoms with E-state index in [9.17, 15) is 19.2 Å². The van der Waals surface area contributed by atoms with Crippen LogP contribution in [0.1, 0.15) is 79.7 Å². The molecule has 2 heterocycles. The second-order valence-electron chi connectivity index (χ2n) is 12.6. The van der Waals surface area contributed by atoms with Gasteiger partial charge in [-0.05, 0) is 65.4 Å². The average molecular weight is 532 g/mol. The van der Waals surface area contributed by atoms with Crippen LogP contribution in [-0.2, 0) is 33.3 Å². The zero-order chi connectivity index (χ0) is 28.4. The third kappa shape index (κ3) is 6.92. The predicted molar refractivity (Wildman–Crippen MR) is 139 cm³/mol. The van der Waals surface area contributed by atoms with Crippen LogP contribution in [0.4, 0.5) is 4.79 Å². The molecule has 2 amide bonds. The van der Waals surface area contributed by atoms with E-state index in [0.29, 0.717) is 5.92 Å². The van der Waals surface area contributed by atoms with Crippen molar-refractivity contribution < 1.29 is 38.1 Å². The number of carbonyl (C=O) groups excluding carboxylic acids is 4. The molecule has 0 N–H and O–H groups in total. The molecule has 2 fully saturated rings. The first kappa shape index (κ1) is 29.6. The molecule has 5 atom stereocenters. The number of imide groups is 1. The molecule has 2 saturated heterocycles. The Labute approximate surface area is 225 Å². The minimum absolute atomic E-state index is 0.0485. The number of carbonyl (C=O) groups is 4. The Balaban J connectivity index is 1.93. The van der Waals surface area contributed by atoms with E-state index in [-0.39, 0.29) is 18.9 Å². The highest BCUT2D eigenvalue weighted by molar-refractivity contribution is 5.94. The van der Waals surface area contributed by atoms with Crippen LogP contribution in [0.15, 0.2) is 30.3 Å². The third-order valence-electron chi connectivity index (χ3n) is 6.56. The van der Waals surface area contributed by atoms with Crippen molar-refractivity contribution in [2.24, 2.45) is 16.7 Å². The summed E-state index contributed by atoms with van der Waals surface area (Å²) < 4.78 is 22.7. The van der Waals surface area contributed by atoms with Crippen molar-refractivity contribution in [2.75, 3.05) is 6.61 Å². The summed E-state index contributed by atoms with van der Waals surface area (Å²) in [6, 6.07) is 8.57. The molecule has 2 aliphatic heterocycles. The summed E-state index contributed by atoms with van der Waals surface area (Å²) in [6.45, 7) is 14.2. The van der Waals surface area contributed by atoms with E-state index in [1.54, 1.807) is 41.5 Å². The first-order valence-electron chi connectivity index (χ1n) is 13.2. The molecule has 0 spiro atoms. The van der Waals surface area contributed by atoms with Gasteiger partial charge in [-0.2, -0.15) is 0 Å². The second kappa shape index (κ2) is 11.4. The number of hydrogen-bond donors (Lipinski definition) is 0. The standard InChI is InChI=1S/C29H41NO8/c1-17(2)14-19(18-12-10-9-11-13-18)15-21(31)30-22-23(37-26(33)29(6,7)8)20(36-25(32)28(3,4)5)16-35-24(22)38-27(30)34/h9-13,17,19-20,22-24H,14-16H2,1-8H3/t19?,20-,22+,23-,24+/m1/s1. The van der Waals surface area contributed by atoms with Crippen molar-refractivity contribution in [3.05, 3.63) is 35.9 Å². The van der Waals surface area contributed by atoms with Gasteiger partial charge in [-0.15, -0.1) is 0 Å². The smallest absolute Gasteiger partial charge is 0.419 e. The van der Waals surface area contributed by atoms with Gasteiger partial charge >= 0.3 is 18.0 Å². The van der Waals surface area contributed by atoms with E-state index >= 15 is 0 Å². The van der Waals surface area contributed by atoms with Crippen LogP contribution >= 0.6 is 0 Å². The van der Waals surface area contributed by atoms with E-state index in [0.717, 1.165) is 16.9 Å². The minimum Gasteiger partial charge on any atom is -0.455 e. The first-order chi connectivity index (χ1) is 17.6. The monoisotopic (exact) mass is 531 g/mol. The molecule has 1 aromatic carbocycles. The first-order valence-corrected chi connectivity index (χ1v) is 13.2. The summed E-state index contributed by atoms with van der Waals surface area (Å²) in [5.41, 5.74) is -0.709. The Kier molecular flexibility index (Phi) is 8.91. The van der Waals surface area contributed by atoms with E-state index in [1.807, 2.05) is 30.3 Å². The Morgan fingerprint density at radius 1 is 0.974 bits per heavy atom. The maximum Gasteiger partial charge on any atom is 0.419 e. The highest BCUT2D eigenvalue weighted by atomic mass is 16.7. The predicted octanol–water partition coefficient (Wildman–Crippen LogP) is 4.83. The normalized spacial score (nSPS) is 24.4. The van der Waals surface area contributed by atoms with Crippen molar-refractivity contribution in [1.82, 2.24) is 4.90 Å². The van der Waals surface area contributed by atoms with Gasteiger partial charge in [0.25, 0.3) is 0 Å². The number of nitrogens with zero attached hydrogens (tertiary/aromatic N) is 1. The molecule has 0 aliphatic carbocycles. The summed E-state index contributed by atoms with van der Waals surface area (Å²) in [7, 11) is 0. The van der Waals surface area contributed by atoms with Gasteiger partial charge in [-0.25, -0.2) is 9.69 Å². The largest absolute Gasteiger partial charge is 0.455 e. The molecular formula is C29H41NO8. The Hall–Kier alpha value is -2.94. The zero-order valence-electron chi connectivity index (χ0n) is 23.7. The summed E-state index contributed by atoms with van der Waals surface area (Å²) in [5, 5.41) is 0. The summed E-state index contributed by atoms with van der Waals surface area (Å²) >= 11 is 0. The van der Waals surface area contributed by atoms with Gasteiger partial charge in [-0.1, -0.05) is 44.2 Å². The van der Waals surface area contributed by atoms with Gasteiger partial charge in [0.15, 0.2) is 12.2 Å². The summed E-state index contributed by atoms with van der Waals surface area (Å²) in [6.07, 6.45) is -3.41. The molecule has 2 aliphatic rings. The maximum absolute atomic E-state index is 13.7. The SMILES string of the molecule is CC(C)CC(CC(=O)N1C(=O)O[C@@H]2OC[C@@H](OC(=O)C(C)(C)C)[C@@H](OC(=O)C(C)(C)C)[C@@H]21)c1ccccc1. The van der Waals surface area contributed by atoms with Gasteiger partial charge < -0.3 is 18.9 Å². The van der Waals surface area contributed by atoms with Crippen LogP contribution in [0.3, 0.4) is 0 Å². The number of benzene rings is 1. The Morgan fingerprint density at radius 3 is 2.11 bits per heavy atom. The third-order valence-corrected chi connectivity index (χ3v) is 6.56. The van der Waals surface area contributed by atoms with Crippen LogP contribution in [0, 0.1) is 16.7 Å². The van der Waals surface area contributed by atoms with Crippen molar-refractivity contribution in [2.45, 2.75) is 98.7 Å². The molecule has 210 valence electrons. The topological polar surface area (TPSA) is 108 Å². The van der Waals surface area contributed by atoms with Crippen molar-refractivity contribution >= 4 is 23.9 Å². The molecule has 1 aromatic rings. The fraction of sp³-hybridized carbons (Fsp3) is 0.655. The highest BCUT2D eigenvalue weighted by Crippen LogP contribution is 2.36. The molecule has 0 radical (unpaired) electrons. The lowest BCUT2D eigenvalue weighted by Gasteiger charge is -2.40. The lowest BCUT2D eigenvalue weighted by molar-refractivity contribution is -0.227. The molecule has 9 heteroatoms. The molecule has 0 saturated carbocycles. The highest BCUT2D eigenvalue weighted by Gasteiger charge is 2.58. The van der Waals surface area contributed by atoms with Crippen LogP contribution < -0.4 is 0 Å². The zero-order valence-corrected chi connectivity index (χ0v) is 23.7. The Morgan fingerprint density at radius 2 is 1.55 bits per heavy atom. The molecular weight excluding hydrogens is 490 g/mol. The van der Waals surface area contributed by atoms with Crippen LogP contribution in [0.25, 0.3) is 0 Å². The molecule has 0 bridgehead atoms. The number of amides is 2. The van der Waals surface area contributed by atoms with E-state index in [2.05, 4.69) is 13.8 Å². The molecule has 1 unspecified atom stereocenters. The second-order valence-corrected chi connectivity index (χ2v) is 12.6. The molecule has 9 nitrogen and oxygen atoms in total. The summed E-state index contributed by atoms with van der Waals surface area (Å²) in [4.78, 5) is 53.4. The lowest BCUT2D eigenvalue weighted by atomic mass is 9.87. The molecule has 0 aromatic heterocycles. The van der Waals surface area contributed by atoms with Crippen molar-refractivity contribution in [3.63, 3.8) is 0 Å². The van der Waals surface area contributed by atoms with Gasteiger partial charge in [0.05, 0.1) is 17.4 Å². The number of hydrogen-bond acceptors (Lipinski definition) is 8. The number of esters is 2. The maximum atomic E-state index is 13.7. The number of fused-ring (bicyclic) bond motifs is 1. The van der Waals surface area contributed by atoms with Gasteiger partial charge in [0, 0.05) is 6.42 Å². The van der Waals surface area contributed by atoms with Gasteiger partial charge in [0.1, 0.15) is 6.04 Å². The minimum atomic E-state index is -1.15. The van der Waals surface area contributed by atoms with E-state index in [4.69, 9.17) is 18.9 Å². The molecule has 3 rings (SSSR count). The van der Waals surface area contributed by atoms with Gasteiger partial charge in [0.2, 0.25) is 12.2 Å². The van der Waals surface area contributed by atoms with Gasteiger partial charge in [-0.3, -0.25) is 14.4 Å². The van der Waals surface area contributed by atoms with E-state index in [1.165, 1.54) is 0 Å². The van der Waals surface area contributed by atoms with Crippen LogP contribution in [0.2, 0.25) is 0 Å².